The van der Waals surface area contributed by atoms with Gasteiger partial charge in [-0.25, -0.2) is 0 Å². The van der Waals surface area contributed by atoms with E-state index in [9.17, 15) is 4.79 Å². The largest absolute Gasteiger partial charge is 0.466 e. The van der Waals surface area contributed by atoms with Crippen molar-refractivity contribution in [2.24, 2.45) is 0 Å². The van der Waals surface area contributed by atoms with E-state index in [1.807, 2.05) is 32.9 Å². The first-order valence-electron chi connectivity index (χ1n) is 6.75. The number of carbonyl (C=O) groups is 1. The molecule has 2 rings (SSSR count). The van der Waals surface area contributed by atoms with Crippen molar-refractivity contribution in [3.05, 3.63) is 58.0 Å². The summed E-state index contributed by atoms with van der Waals surface area (Å²) in [5.41, 5.74) is 3.14. The van der Waals surface area contributed by atoms with Crippen molar-refractivity contribution in [1.29, 1.82) is 5.26 Å². The molecule has 1 aromatic heterocycles. The van der Waals surface area contributed by atoms with Crippen molar-refractivity contribution in [1.82, 2.24) is 4.90 Å². The number of rotatable bonds is 3. The number of aryl methyl sites for hydroxylation is 2. The molecule has 0 fully saturated rings. The van der Waals surface area contributed by atoms with Crippen LogP contribution in [0.5, 0.6) is 0 Å². The molecule has 4 nitrogen and oxygen atoms in total. The van der Waals surface area contributed by atoms with E-state index in [1.165, 1.54) is 0 Å². The fraction of sp³-hybridized carbons (Fsp3) is 0.294. The number of furan rings is 1. The predicted octanol–water partition coefficient (Wildman–Crippen LogP) is 3.35. The summed E-state index contributed by atoms with van der Waals surface area (Å²) in [6, 6.07) is 9.32. The number of benzene rings is 1. The Labute approximate surface area is 124 Å². The van der Waals surface area contributed by atoms with Gasteiger partial charge in [0.05, 0.1) is 17.2 Å². The highest BCUT2D eigenvalue weighted by atomic mass is 16.3. The molecule has 108 valence electrons. The van der Waals surface area contributed by atoms with Crippen LogP contribution in [0.25, 0.3) is 0 Å². The summed E-state index contributed by atoms with van der Waals surface area (Å²) in [6.45, 7) is 6.06. The lowest BCUT2D eigenvalue weighted by Crippen LogP contribution is -2.27. The second kappa shape index (κ2) is 5.84. The van der Waals surface area contributed by atoms with Gasteiger partial charge in [-0.3, -0.25) is 4.79 Å². The Morgan fingerprint density at radius 3 is 2.29 bits per heavy atom. The molecule has 0 radical (unpaired) electrons. The van der Waals surface area contributed by atoms with E-state index in [1.54, 1.807) is 24.1 Å². The number of carbonyl (C=O) groups excluding carboxylic acids is 1. The Kier molecular flexibility index (Phi) is 4.13. The molecule has 0 aliphatic rings. The van der Waals surface area contributed by atoms with E-state index < -0.39 is 0 Å². The van der Waals surface area contributed by atoms with Gasteiger partial charge in [0, 0.05) is 19.2 Å². The number of hydrogen-bond acceptors (Lipinski definition) is 3. The average Bonchev–Trinajstić information content (AvgIpc) is 2.72. The predicted molar refractivity (Wildman–Crippen MR) is 79.9 cm³/mol. The molecule has 1 heterocycles. The van der Waals surface area contributed by atoms with E-state index >= 15 is 0 Å². The third kappa shape index (κ3) is 2.97. The smallest absolute Gasteiger partial charge is 0.257 e. The first-order valence-corrected chi connectivity index (χ1v) is 6.75. The van der Waals surface area contributed by atoms with Crippen LogP contribution in [0.4, 0.5) is 0 Å². The molecule has 0 unspecified atom stereocenters. The molecular weight excluding hydrogens is 264 g/mol. The maximum Gasteiger partial charge on any atom is 0.257 e. The molecule has 2 aromatic rings. The van der Waals surface area contributed by atoms with E-state index in [2.05, 4.69) is 6.07 Å². The highest BCUT2D eigenvalue weighted by Gasteiger charge is 2.21. The lowest BCUT2D eigenvalue weighted by Gasteiger charge is -2.17. The van der Waals surface area contributed by atoms with Crippen LogP contribution in [0.1, 0.15) is 38.6 Å². The Morgan fingerprint density at radius 1 is 1.19 bits per heavy atom. The van der Waals surface area contributed by atoms with Gasteiger partial charge < -0.3 is 9.32 Å². The van der Waals surface area contributed by atoms with Crippen LogP contribution in [-0.4, -0.2) is 17.9 Å². The van der Waals surface area contributed by atoms with E-state index in [0.717, 1.165) is 16.9 Å². The minimum Gasteiger partial charge on any atom is -0.466 e. The Bertz CT molecular complexity index is 706. The number of hydrogen-bond donors (Lipinski definition) is 0. The second-order valence-electron chi connectivity index (χ2n) is 5.18. The molecule has 0 bridgehead atoms. The van der Waals surface area contributed by atoms with Crippen LogP contribution >= 0.6 is 0 Å². The Morgan fingerprint density at radius 2 is 1.81 bits per heavy atom. The average molecular weight is 282 g/mol. The summed E-state index contributed by atoms with van der Waals surface area (Å²) in [6.07, 6.45) is 0. The van der Waals surface area contributed by atoms with Crippen LogP contribution < -0.4 is 0 Å². The molecular formula is C17H18N2O2. The summed E-state index contributed by atoms with van der Waals surface area (Å²) in [5, 5.41) is 8.79. The van der Waals surface area contributed by atoms with Gasteiger partial charge in [-0.2, -0.15) is 5.26 Å². The summed E-state index contributed by atoms with van der Waals surface area (Å²) in [5.74, 6) is 1.38. The first kappa shape index (κ1) is 14.9. The molecule has 0 aliphatic heterocycles. The molecule has 1 aromatic carbocycles. The third-order valence-corrected chi connectivity index (χ3v) is 3.62. The van der Waals surface area contributed by atoms with Gasteiger partial charge in [-0.05, 0) is 38.5 Å². The van der Waals surface area contributed by atoms with E-state index in [-0.39, 0.29) is 5.91 Å². The SMILES string of the molecule is Cc1oc(C)c(C(=O)N(C)Cc2ccc(C#N)cc2)c1C. The van der Waals surface area contributed by atoms with Gasteiger partial charge in [0.15, 0.2) is 0 Å². The molecule has 1 amide bonds. The van der Waals surface area contributed by atoms with Gasteiger partial charge in [0.25, 0.3) is 5.91 Å². The van der Waals surface area contributed by atoms with Crippen LogP contribution in [0.15, 0.2) is 28.7 Å². The van der Waals surface area contributed by atoms with Crippen molar-refractivity contribution in [3.8, 4) is 6.07 Å². The van der Waals surface area contributed by atoms with Crippen LogP contribution in [-0.2, 0) is 6.54 Å². The van der Waals surface area contributed by atoms with Crippen molar-refractivity contribution in [3.63, 3.8) is 0 Å². The number of nitrogens with zero attached hydrogens (tertiary/aromatic N) is 2. The van der Waals surface area contributed by atoms with E-state index in [0.29, 0.717) is 23.4 Å². The molecule has 0 N–H and O–H groups in total. The van der Waals surface area contributed by atoms with Crippen molar-refractivity contribution < 1.29 is 9.21 Å². The van der Waals surface area contributed by atoms with Gasteiger partial charge in [0.1, 0.15) is 11.5 Å². The lowest BCUT2D eigenvalue weighted by molar-refractivity contribution is 0.0782. The fourth-order valence-corrected chi connectivity index (χ4v) is 2.33. The maximum absolute atomic E-state index is 12.5. The van der Waals surface area contributed by atoms with Crippen molar-refractivity contribution >= 4 is 5.91 Å². The normalized spacial score (nSPS) is 10.2. The maximum atomic E-state index is 12.5. The van der Waals surface area contributed by atoms with E-state index in [4.69, 9.17) is 9.68 Å². The summed E-state index contributed by atoms with van der Waals surface area (Å²) in [4.78, 5) is 14.2. The Balaban J connectivity index is 2.17. The molecule has 21 heavy (non-hydrogen) atoms. The molecule has 0 spiro atoms. The lowest BCUT2D eigenvalue weighted by atomic mass is 10.1. The van der Waals surface area contributed by atoms with Crippen molar-refractivity contribution in [2.45, 2.75) is 27.3 Å². The molecule has 0 aliphatic carbocycles. The molecule has 4 heteroatoms. The molecule has 0 saturated heterocycles. The van der Waals surface area contributed by atoms with Gasteiger partial charge >= 0.3 is 0 Å². The summed E-state index contributed by atoms with van der Waals surface area (Å²) in [7, 11) is 1.77. The monoisotopic (exact) mass is 282 g/mol. The van der Waals surface area contributed by atoms with Gasteiger partial charge in [0.2, 0.25) is 0 Å². The highest BCUT2D eigenvalue weighted by molar-refractivity contribution is 5.96. The highest BCUT2D eigenvalue weighted by Crippen LogP contribution is 2.22. The van der Waals surface area contributed by atoms with Gasteiger partial charge in [-0.15, -0.1) is 0 Å². The minimum atomic E-state index is -0.0498. The number of nitriles is 1. The van der Waals surface area contributed by atoms with Gasteiger partial charge in [-0.1, -0.05) is 12.1 Å². The first-order chi connectivity index (χ1) is 9.93. The fourth-order valence-electron chi connectivity index (χ4n) is 2.33. The summed E-state index contributed by atoms with van der Waals surface area (Å²) >= 11 is 0. The topological polar surface area (TPSA) is 57.2 Å². The zero-order valence-electron chi connectivity index (χ0n) is 12.7. The third-order valence-electron chi connectivity index (χ3n) is 3.62. The number of amides is 1. The molecule has 0 atom stereocenters. The minimum absolute atomic E-state index is 0.0498. The van der Waals surface area contributed by atoms with Crippen LogP contribution in [0.2, 0.25) is 0 Å². The van der Waals surface area contributed by atoms with Crippen molar-refractivity contribution in [2.75, 3.05) is 7.05 Å². The second-order valence-corrected chi connectivity index (χ2v) is 5.18. The zero-order chi connectivity index (χ0) is 15.6. The standard InChI is InChI=1S/C17H18N2O2/c1-11-12(2)21-13(3)16(11)17(20)19(4)10-15-7-5-14(9-18)6-8-15/h5-8H,10H2,1-4H3. The Hall–Kier alpha value is -2.54. The zero-order valence-corrected chi connectivity index (χ0v) is 12.7. The quantitative estimate of drug-likeness (QED) is 0.867. The van der Waals surface area contributed by atoms with Crippen LogP contribution in [0.3, 0.4) is 0 Å². The summed E-state index contributed by atoms with van der Waals surface area (Å²) < 4.78 is 5.51. The molecule has 0 saturated carbocycles. The van der Waals surface area contributed by atoms with Crippen LogP contribution in [0, 0.1) is 32.1 Å².